The van der Waals surface area contributed by atoms with Gasteiger partial charge in [-0.3, -0.25) is 4.79 Å². The summed E-state index contributed by atoms with van der Waals surface area (Å²) in [6, 6.07) is 23.8. The van der Waals surface area contributed by atoms with Crippen molar-refractivity contribution in [1.82, 2.24) is 4.98 Å². The van der Waals surface area contributed by atoms with Crippen LogP contribution in [0.3, 0.4) is 0 Å². The summed E-state index contributed by atoms with van der Waals surface area (Å²) in [6.07, 6.45) is 7.96. The average Bonchev–Trinajstić information content (AvgIpc) is 3.41. The molecule has 0 fully saturated rings. The third-order valence-electron chi connectivity index (χ3n) is 8.79. The zero-order chi connectivity index (χ0) is 33.6. The van der Waals surface area contributed by atoms with Crippen LogP contribution in [0.25, 0.3) is 42.2 Å². The number of benzene rings is 3. The number of aliphatic hydroxyl groups excluding tert-OH is 1. The largest absolute Gasteiger partial charge is 0 e. The van der Waals surface area contributed by atoms with Crippen molar-refractivity contribution in [3.05, 3.63) is 84.3 Å². The Labute approximate surface area is 308 Å². The first-order chi connectivity index (χ1) is 21.9. The van der Waals surface area contributed by atoms with Crippen molar-refractivity contribution in [3.8, 4) is 11.3 Å². The molecule has 3 nitrogen and oxygen atoms in total. The van der Waals surface area contributed by atoms with Gasteiger partial charge in [0.25, 0.3) is 0 Å². The first-order valence-electron chi connectivity index (χ1n) is 16.8. The molecule has 3 aromatic carbocycles. The zero-order valence-corrected chi connectivity index (χ0v) is 36.2. The van der Waals surface area contributed by atoms with Gasteiger partial charge < -0.3 is 5.11 Å². The number of aromatic nitrogens is 1. The third kappa shape index (κ3) is 9.60. The van der Waals surface area contributed by atoms with Gasteiger partial charge in [0.1, 0.15) is 0 Å². The van der Waals surface area contributed by atoms with Gasteiger partial charge >= 0.3 is 198 Å². The number of carbonyl (C=O) groups is 1. The van der Waals surface area contributed by atoms with Gasteiger partial charge in [-0.2, -0.15) is 0 Å². The van der Waals surface area contributed by atoms with E-state index in [-0.39, 0.29) is 48.9 Å². The van der Waals surface area contributed by atoms with Crippen LogP contribution in [0.5, 0.6) is 0 Å². The van der Waals surface area contributed by atoms with Crippen LogP contribution in [0.15, 0.2) is 72.6 Å². The molecule has 1 radical (unpaired) electrons. The summed E-state index contributed by atoms with van der Waals surface area (Å²) in [6.45, 7) is 15.0. The topological polar surface area (TPSA) is 50.2 Å². The third-order valence-corrected chi connectivity index (χ3v) is 15.3. The molecule has 1 N–H and O–H groups in total. The number of hydrogen-bond acceptors (Lipinski definition) is 4. The van der Waals surface area contributed by atoms with Gasteiger partial charge in [-0.15, -0.1) is 0 Å². The van der Waals surface area contributed by atoms with Crippen molar-refractivity contribution < 1.29 is 30.0 Å². The van der Waals surface area contributed by atoms with E-state index in [4.69, 9.17) is 4.98 Å². The summed E-state index contributed by atoms with van der Waals surface area (Å²) in [5.41, 5.74) is 3.93. The van der Waals surface area contributed by atoms with Crippen molar-refractivity contribution in [2.45, 2.75) is 89.8 Å². The maximum Gasteiger partial charge on any atom is 0 e. The van der Waals surface area contributed by atoms with Crippen LogP contribution in [-0.2, 0) is 31.3 Å². The van der Waals surface area contributed by atoms with E-state index in [2.05, 4.69) is 90.7 Å². The van der Waals surface area contributed by atoms with E-state index in [0.29, 0.717) is 0 Å². The van der Waals surface area contributed by atoms with E-state index >= 15 is 0 Å². The molecule has 0 aliphatic heterocycles. The van der Waals surface area contributed by atoms with E-state index in [1.54, 1.807) is 3.27 Å². The number of rotatable bonds is 10. The number of fused-ring (bicyclic) bond motifs is 4. The molecule has 0 aliphatic rings. The Bertz CT molecular complexity index is 1830. The molecule has 5 aromatic rings. The fraction of sp³-hybridized carbons (Fsp3) is 0.415. The minimum absolute atomic E-state index is 0. The summed E-state index contributed by atoms with van der Waals surface area (Å²) in [4.78, 5) is 16.6. The first-order valence-corrected chi connectivity index (χ1v) is 26.3. The Morgan fingerprint density at radius 2 is 1.51 bits per heavy atom. The van der Waals surface area contributed by atoms with Crippen LogP contribution in [-0.4, -0.2) is 37.6 Å². The summed E-state index contributed by atoms with van der Waals surface area (Å²) in [5.74, 6) is 0.547. The second kappa shape index (κ2) is 17.6. The van der Waals surface area contributed by atoms with E-state index in [1.807, 2.05) is 45.2 Å². The second-order valence-corrected chi connectivity index (χ2v) is 23.5. The fourth-order valence-corrected chi connectivity index (χ4v) is 11.6. The summed E-state index contributed by atoms with van der Waals surface area (Å²) in [5, 5.41) is 15.0. The van der Waals surface area contributed by atoms with Crippen molar-refractivity contribution in [2.24, 2.45) is 17.3 Å². The second-order valence-electron chi connectivity index (χ2n) is 13.7. The van der Waals surface area contributed by atoms with Gasteiger partial charge in [-0.1, -0.05) is 27.7 Å². The van der Waals surface area contributed by atoms with Crippen LogP contribution >= 0.6 is 11.3 Å². The van der Waals surface area contributed by atoms with Crippen molar-refractivity contribution in [1.29, 1.82) is 0 Å². The Morgan fingerprint density at radius 1 is 0.894 bits per heavy atom. The number of thiophene rings is 1. The molecule has 47 heavy (non-hydrogen) atoms. The molecule has 0 bridgehead atoms. The van der Waals surface area contributed by atoms with Gasteiger partial charge in [0.2, 0.25) is 0 Å². The normalized spacial score (nSPS) is 12.2. The molecule has 0 atom stereocenters. The molecular formula is C41H51BiIrNO2S-. The van der Waals surface area contributed by atoms with E-state index in [9.17, 15) is 9.90 Å². The van der Waals surface area contributed by atoms with Gasteiger partial charge in [-0.05, 0) is 25.7 Å². The van der Waals surface area contributed by atoms with Gasteiger partial charge in [0, 0.05) is 38.0 Å². The monoisotopic (exact) mass is 1020 g/mol. The molecule has 0 aliphatic carbocycles. The maximum absolute atomic E-state index is 11.7. The number of aliphatic hydroxyl groups is 1. The smallest absolute Gasteiger partial charge is 0 e. The minimum atomic E-state index is -1.67. The quantitative estimate of drug-likeness (QED) is 0.0656. The molecule has 2 heterocycles. The standard InChI is InChI=1S/C26H21NS.C13H24O2.2CH3.Bi.Ir/c1-26(2,3)16-20-9-6-10-21-22-13-14-27-23(25(22)28-24(20)21)19-12-11-17-7-4-5-8-18(17)15-19;1-5-10(6-2)12(14)9-13(15)11(7-3)8-4;;;;/h4-10,12-14H,16H2,1-3H3;9-11,14H,5-8H2,1-4H3;2*1H3;;/q-1;;;;;/b;12-9-;;;;. The number of ketones is 1. The summed E-state index contributed by atoms with van der Waals surface area (Å²) < 4.78 is 9.19. The predicted molar refractivity (Wildman–Crippen MR) is 203 cm³/mol. The van der Waals surface area contributed by atoms with E-state index in [0.717, 1.165) is 43.4 Å². The molecule has 5 rings (SSSR count). The number of hydrogen-bond donors (Lipinski definition) is 1. The average molecular weight is 1020 g/mol. The summed E-state index contributed by atoms with van der Waals surface area (Å²) in [7, 11) is 0. The molecule has 0 saturated heterocycles. The molecule has 0 spiro atoms. The van der Waals surface area contributed by atoms with Gasteiger partial charge in [0.15, 0.2) is 5.78 Å². The Kier molecular flexibility index (Phi) is 14.8. The molecular weight excluding hydrogens is 972 g/mol. The van der Waals surface area contributed by atoms with Crippen molar-refractivity contribution in [2.75, 3.05) is 0 Å². The van der Waals surface area contributed by atoms with Gasteiger partial charge in [-0.25, -0.2) is 0 Å². The number of pyridine rings is 1. The van der Waals surface area contributed by atoms with Crippen molar-refractivity contribution in [3.63, 3.8) is 0 Å². The van der Waals surface area contributed by atoms with Crippen molar-refractivity contribution >= 4 is 73.1 Å². The number of carbonyl (C=O) groups excluding carboxylic acids is 1. The van der Waals surface area contributed by atoms with E-state index in [1.165, 1.54) is 42.6 Å². The van der Waals surface area contributed by atoms with Crippen LogP contribution in [0.4, 0.5) is 0 Å². The Hall–Kier alpha value is -1.97. The molecule has 0 saturated carbocycles. The van der Waals surface area contributed by atoms with Gasteiger partial charge in [0.05, 0.1) is 5.76 Å². The van der Waals surface area contributed by atoms with Crippen LogP contribution < -0.4 is 3.27 Å². The predicted octanol–water partition coefficient (Wildman–Crippen LogP) is 11.5. The number of allylic oxidation sites excluding steroid dienone is 2. The van der Waals surface area contributed by atoms with Crippen LogP contribution in [0.2, 0.25) is 9.26 Å². The molecule has 0 amide bonds. The zero-order valence-electron chi connectivity index (χ0n) is 29.5. The molecule has 2 aromatic heterocycles. The first kappa shape index (κ1) is 39.5. The SMILES string of the molecule is CCC(CC)C(=O)/C=C(\O)C(CC)CC.[CH3][Bi]([CH3])[c]1cc(-c2nccc3c2sc2c(CC(C)(C)C)cccc23)[c-]c2ccccc12.[Ir]. The molecule has 253 valence electrons. The maximum atomic E-state index is 11.7. The van der Waals surface area contributed by atoms with E-state index < -0.39 is 21.8 Å². The number of nitrogens with zero attached hydrogens (tertiary/aromatic N) is 1. The Balaban J connectivity index is 0.000000322. The minimum Gasteiger partial charge on any atom is 0 e. The van der Waals surface area contributed by atoms with Crippen LogP contribution in [0.1, 0.15) is 79.7 Å². The summed E-state index contributed by atoms with van der Waals surface area (Å²) >= 11 is 0.233. The Morgan fingerprint density at radius 3 is 2.13 bits per heavy atom. The van der Waals surface area contributed by atoms with Crippen LogP contribution in [0, 0.1) is 23.3 Å². The molecule has 0 unspecified atom stereocenters. The fourth-order valence-electron chi connectivity index (χ4n) is 6.17. The molecule has 6 heteroatoms.